The van der Waals surface area contributed by atoms with E-state index < -0.39 is 17.6 Å². The topological polar surface area (TPSA) is 64.3 Å². The number of carbonyl (C=O) groups excluding carboxylic acids is 1. The fourth-order valence-corrected chi connectivity index (χ4v) is 0.905. The van der Waals surface area contributed by atoms with Crippen molar-refractivity contribution in [2.75, 3.05) is 13.2 Å². The number of alkyl halides is 3. The van der Waals surface area contributed by atoms with Crippen LogP contribution in [0.25, 0.3) is 0 Å². The van der Waals surface area contributed by atoms with Crippen LogP contribution < -0.4 is 11.1 Å². The first-order valence-electron chi connectivity index (χ1n) is 5.34. The zero-order valence-corrected chi connectivity index (χ0v) is 10.2. The van der Waals surface area contributed by atoms with Crippen LogP contribution in [0.1, 0.15) is 27.2 Å². The van der Waals surface area contributed by atoms with Crippen LogP contribution in [0.3, 0.4) is 0 Å². The fourth-order valence-electron chi connectivity index (χ4n) is 0.905. The number of halogens is 3. The van der Waals surface area contributed by atoms with Crippen LogP contribution >= 0.6 is 0 Å². The van der Waals surface area contributed by atoms with Gasteiger partial charge in [-0.3, -0.25) is 4.79 Å². The Bertz CT molecular complexity index is 252. The predicted molar refractivity (Wildman–Crippen MR) is 57.4 cm³/mol. The summed E-state index contributed by atoms with van der Waals surface area (Å²) >= 11 is 0. The highest BCUT2D eigenvalue weighted by Crippen LogP contribution is 2.27. The van der Waals surface area contributed by atoms with Crippen molar-refractivity contribution in [3.8, 4) is 0 Å². The first-order chi connectivity index (χ1) is 7.59. The maximum Gasteiger partial charge on any atom is 0.415 e. The predicted octanol–water partition coefficient (Wildman–Crippen LogP) is 1.20. The van der Waals surface area contributed by atoms with Crippen molar-refractivity contribution in [1.82, 2.24) is 5.32 Å². The van der Waals surface area contributed by atoms with Gasteiger partial charge in [0.2, 0.25) is 5.91 Å². The molecule has 0 aromatic carbocycles. The molecule has 0 aliphatic heterocycles. The lowest BCUT2D eigenvalue weighted by Gasteiger charge is -2.26. The summed E-state index contributed by atoms with van der Waals surface area (Å²) in [5.41, 5.74) is 2.08. The summed E-state index contributed by atoms with van der Waals surface area (Å²) < 4.78 is 42.2. The fraction of sp³-hybridized carbons (Fsp3) is 0.900. The van der Waals surface area contributed by atoms with Crippen molar-refractivity contribution in [2.45, 2.75) is 45.0 Å². The quantitative estimate of drug-likeness (QED) is 0.702. The summed E-state index contributed by atoms with van der Waals surface area (Å²) in [4.78, 5) is 11.2. The van der Waals surface area contributed by atoms with E-state index in [-0.39, 0.29) is 12.6 Å². The zero-order valence-electron chi connectivity index (χ0n) is 10.2. The van der Waals surface area contributed by atoms with Gasteiger partial charge in [-0.1, -0.05) is 0 Å². The molecule has 0 heterocycles. The Balaban J connectivity index is 3.95. The number of hydrogen-bond acceptors (Lipinski definition) is 3. The molecule has 0 aliphatic rings. The van der Waals surface area contributed by atoms with Crippen LogP contribution in [0.2, 0.25) is 0 Å². The van der Waals surface area contributed by atoms with Crippen molar-refractivity contribution in [1.29, 1.82) is 0 Å². The Morgan fingerprint density at radius 1 is 1.41 bits per heavy atom. The molecule has 3 N–H and O–H groups in total. The highest BCUT2D eigenvalue weighted by atomic mass is 19.4. The monoisotopic (exact) mass is 256 g/mol. The highest BCUT2D eigenvalue weighted by Gasteiger charge is 2.53. The maximum absolute atomic E-state index is 12.4. The van der Waals surface area contributed by atoms with Gasteiger partial charge in [-0.2, -0.15) is 13.2 Å². The van der Waals surface area contributed by atoms with Gasteiger partial charge in [-0.05, 0) is 27.2 Å². The van der Waals surface area contributed by atoms with Crippen molar-refractivity contribution >= 4 is 5.91 Å². The van der Waals surface area contributed by atoms with E-state index in [0.717, 1.165) is 0 Å². The molecule has 0 aromatic heterocycles. The molecule has 0 saturated heterocycles. The normalized spacial score (nSPS) is 15.8. The van der Waals surface area contributed by atoms with Crippen LogP contribution in [0.4, 0.5) is 13.2 Å². The molecule has 0 spiro atoms. The molecule has 0 fully saturated rings. The van der Waals surface area contributed by atoms with Crippen LogP contribution in [0, 0.1) is 0 Å². The molecule has 1 amide bonds. The molecule has 7 heteroatoms. The lowest BCUT2D eigenvalue weighted by Crippen LogP contribution is -2.61. The van der Waals surface area contributed by atoms with Gasteiger partial charge in [0.25, 0.3) is 0 Å². The first-order valence-corrected chi connectivity index (χ1v) is 5.34. The van der Waals surface area contributed by atoms with E-state index in [4.69, 9.17) is 10.5 Å². The molecule has 0 saturated carbocycles. The van der Waals surface area contributed by atoms with Crippen LogP contribution in [0.15, 0.2) is 0 Å². The highest BCUT2D eigenvalue weighted by molar-refractivity contribution is 5.86. The summed E-state index contributed by atoms with van der Waals surface area (Å²) in [6.45, 7) is 4.82. The number of carbonyl (C=O) groups is 1. The van der Waals surface area contributed by atoms with E-state index in [1.54, 1.807) is 0 Å². The van der Waals surface area contributed by atoms with Gasteiger partial charge in [0.05, 0.1) is 6.10 Å². The minimum Gasteiger partial charge on any atom is -0.379 e. The third-order valence-corrected chi connectivity index (χ3v) is 2.12. The number of amides is 1. The second-order valence-corrected chi connectivity index (χ2v) is 4.23. The van der Waals surface area contributed by atoms with Crippen LogP contribution in [-0.2, 0) is 9.53 Å². The van der Waals surface area contributed by atoms with Gasteiger partial charge in [-0.25, -0.2) is 0 Å². The zero-order chi connectivity index (χ0) is 13.7. The molecule has 102 valence electrons. The Morgan fingerprint density at radius 2 is 1.94 bits per heavy atom. The standard InChI is InChI=1S/C10H19F3N2O2/c1-7(2)17-6-4-5-15-8(16)9(3,14)10(11,12)13/h7H,4-6,14H2,1-3H3,(H,15,16). The van der Waals surface area contributed by atoms with E-state index in [0.29, 0.717) is 20.0 Å². The Labute approximate surface area is 98.7 Å². The maximum atomic E-state index is 12.4. The third-order valence-electron chi connectivity index (χ3n) is 2.12. The molecule has 0 aromatic rings. The molecule has 1 unspecified atom stereocenters. The Morgan fingerprint density at radius 3 is 2.35 bits per heavy atom. The number of nitrogens with one attached hydrogen (secondary N) is 1. The molecule has 0 bridgehead atoms. The molecule has 1 atom stereocenters. The summed E-state index contributed by atoms with van der Waals surface area (Å²) in [5.74, 6) is -1.23. The number of rotatable bonds is 6. The molecule has 17 heavy (non-hydrogen) atoms. The second-order valence-electron chi connectivity index (χ2n) is 4.23. The van der Waals surface area contributed by atoms with Gasteiger partial charge in [-0.15, -0.1) is 0 Å². The van der Waals surface area contributed by atoms with Crippen LogP contribution in [0.5, 0.6) is 0 Å². The van der Waals surface area contributed by atoms with E-state index >= 15 is 0 Å². The summed E-state index contributed by atoms with van der Waals surface area (Å²) in [5, 5.41) is 2.14. The average molecular weight is 256 g/mol. The molecule has 0 aliphatic carbocycles. The summed E-state index contributed by atoms with van der Waals surface area (Å²) in [6.07, 6.45) is -4.26. The number of nitrogens with two attached hydrogens (primary N) is 1. The lowest BCUT2D eigenvalue weighted by molar-refractivity contribution is -0.187. The summed E-state index contributed by atoms with van der Waals surface area (Å²) in [7, 11) is 0. The molecule has 4 nitrogen and oxygen atoms in total. The smallest absolute Gasteiger partial charge is 0.379 e. The van der Waals surface area contributed by atoms with Gasteiger partial charge in [0.1, 0.15) is 0 Å². The van der Waals surface area contributed by atoms with Crippen molar-refractivity contribution < 1.29 is 22.7 Å². The average Bonchev–Trinajstić information content (AvgIpc) is 2.14. The summed E-state index contributed by atoms with van der Waals surface area (Å²) in [6, 6.07) is 0. The third kappa shape index (κ3) is 5.36. The van der Waals surface area contributed by atoms with Crippen molar-refractivity contribution in [3.05, 3.63) is 0 Å². The van der Waals surface area contributed by atoms with E-state index in [2.05, 4.69) is 5.32 Å². The number of ether oxygens (including phenoxy) is 1. The Kier molecular flexibility index (Phi) is 5.91. The largest absolute Gasteiger partial charge is 0.415 e. The van der Waals surface area contributed by atoms with E-state index in [9.17, 15) is 18.0 Å². The van der Waals surface area contributed by atoms with E-state index in [1.165, 1.54) is 0 Å². The minimum atomic E-state index is -4.76. The van der Waals surface area contributed by atoms with E-state index in [1.807, 2.05) is 13.8 Å². The van der Waals surface area contributed by atoms with Crippen molar-refractivity contribution in [3.63, 3.8) is 0 Å². The van der Waals surface area contributed by atoms with Gasteiger partial charge >= 0.3 is 6.18 Å². The van der Waals surface area contributed by atoms with Crippen molar-refractivity contribution in [2.24, 2.45) is 5.73 Å². The number of hydrogen-bond donors (Lipinski definition) is 2. The second kappa shape index (κ2) is 6.20. The molecular weight excluding hydrogens is 237 g/mol. The van der Waals surface area contributed by atoms with Crippen LogP contribution in [-0.4, -0.2) is 36.9 Å². The molecular formula is C10H19F3N2O2. The van der Waals surface area contributed by atoms with Gasteiger partial charge in [0.15, 0.2) is 5.54 Å². The Hall–Kier alpha value is -0.820. The first kappa shape index (κ1) is 16.2. The minimum absolute atomic E-state index is 0.0562. The lowest BCUT2D eigenvalue weighted by atomic mass is 10.0. The molecule has 0 rings (SSSR count). The van der Waals surface area contributed by atoms with Gasteiger partial charge in [0, 0.05) is 13.2 Å². The SMILES string of the molecule is CC(C)OCCCNC(=O)C(C)(N)C(F)(F)F. The molecule has 0 radical (unpaired) electrons. The van der Waals surface area contributed by atoms with Gasteiger partial charge < -0.3 is 15.8 Å².